The predicted octanol–water partition coefficient (Wildman–Crippen LogP) is 1.34. The molecule has 0 spiro atoms. The van der Waals surface area contributed by atoms with Crippen molar-refractivity contribution in [2.24, 2.45) is 5.73 Å². The Morgan fingerprint density at radius 3 is 2.29 bits per heavy atom. The Bertz CT molecular complexity index is 217. The van der Waals surface area contributed by atoms with Crippen LogP contribution in [0.4, 0.5) is 4.79 Å². The van der Waals surface area contributed by atoms with Gasteiger partial charge in [-0.15, -0.1) is 0 Å². The average molecular weight is 200 g/mol. The minimum atomic E-state index is -0.419. The van der Waals surface area contributed by atoms with Gasteiger partial charge in [0.25, 0.3) is 0 Å². The van der Waals surface area contributed by atoms with Crippen LogP contribution in [0.2, 0.25) is 0 Å². The Morgan fingerprint density at radius 2 is 1.93 bits per heavy atom. The fourth-order valence-electron chi connectivity index (χ4n) is 1.43. The van der Waals surface area contributed by atoms with Crippen LogP contribution in [-0.4, -0.2) is 35.7 Å². The van der Waals surface area contributed by atoms with Crippen molar-refractivity contribution in [1.82, 2.24) is 4.90 Å². The van der Waals surface area contributed by atoms with Crippen LogP contribution in [0.1, 0.15) is 33.6 Å². The van der Waals surface area contributed by atoms with Crippen molar-refractivity contribution in [2.45, 2.75) is 51.3 Å². The number of hydrogen-bond acceptors (Lipinski definition) is 3. The van der Waals surface area contributed by atoms with E-state index in [0.29, 0.717) is 0 Å². The van der Waals surface area contributed by atoms with E-state index in [2.05, 4.69) is 0 Å². The van der Waals surface area contributed by atoms with Crippen LogP contribution in [0.15, 0.2) is 0 Å². The summed E-state index contributed by atoms with van der Waals surface area (Å²) in [6.07, 6.45) is 1.51. The molecule has 1 saturated carbocycles. The number of hydrogen-bond donors (Lipinski definition) is 1. The van der Waals surface area contributed by atoms with Gasteiger partial charge in [0.1, 0.15) is 5.60 Å². The minimum Gasteiger partial charge on any atom is -0.444 e. The summed E-state index contributed by atoms with van der Waals surface area (Å²) >= 11 is 0. The molecule has 0 unspecified atom stereocenters. The van der Waals surface area contributed by atoms with Crippen molar-refractivity contribution in [3.05, 3.63) is 0 Å². The lowest BCUT2D eigenvalue weighted by Crippen LogP contribution is -2.52. The molecule has 0 aliphatic heterocycles. The summed E-state index contributed by atoms with van der Waals surface area (Å²) in [5.41, 5.74) is 5.24. The molecule has 4 nitrogen and oxygen atoms in total. The molecule has 0 heterocycles. The molecule has 0 aromatic heterocycles. The van der Waals surface area contributed by atoms with Crippen molar-refractivity contribution in [3.63, 3.8) is 0 Å². The van der Waals surface area contributed by atoms with Gasteiger partial charge in [0.05, 0.1) is 0 Å². The van der Waals surface area contributed by atoms with E-state index in [1.165, 1.54) is 0 Å². The largest absolute Gasteiger partial charge is 0.444 e. The highest BCUT2D eigenvalue weighted by Gasteiger charge is 2.33. The topological polar surface area (TPSA) is 55.6 Å². The van der Waals surface area contributed by atoms with Crippen molar-refractivity contribution in [1.29, 1.82) is 0 Å². The highest BCUT2D eigenvalue weighted by molar-refractivity contribution is 5.68. The Labute approximate surface area is 85.4 Å². The highest BCUT2D eigenvalue weighted by atomic mass is 16.6. The first-order valence-corrected chi connectivity index (χ1v) is 5.01. The Hall–Kier alpha value is -0.770. The monoisotopic (exact) mass is 200 g/mol. The number of nitrogens with zero attached hydrogens (tertiary/aromatic N) is 1. The number of rotatable bonds is 1. The van der Waals surface area contributed by atoms with Crippen LogP contribution < -0.4 is 5.73 Å². The maximum atomic E-state index is 11.6. The molecular weight excluding hydrogens is 180 g/mol. The van der Waals surface area contributed by atoms with Crippen LogP contribution in [0.25, 0.3) is 0 Å². The van der Waals surface area contributed by atoms with E-state index >= 15 is 0 Å². The lowest BCUT2D eigenvalue weighted by atomic mass is 9.87. The summed E-state index contributed by atoms with van der Waals surface area (Å²) < 4.78 is 5.24. The molecule has 1 fully saturated rings. The second kappa shape index (κ2) is 3.77. The van der Waals surface area contributed by atoms with Gasteiger partial charge in [-0.2, -0.15) is 0 Å². The van der Waals surface area contributed by atoms with Crippen LogP contribution in [0.3, 0.4) is 0 Å². The molecule has 1 amide bonds. The molecule has 1 aliphatic carbocycles. The van der Waals surface area contributed by atoms with Gasteiger partial charge in [-0.3, -0.25) is 0 Å². The number of nitrogens with two attached hydrogens (primary N) is 1. The lowest BCUT2D eigenvalue weighted by molar-refractivity contribution is 0.0123. The van der Waals surface area contributed by atoms with Gasteiger partial charge in [0.15, 0.2) is 0 Å². The minimum absolute atomic E-state index is 0.255. The molecule has 1 aliphatic rings. The van der Waals surface area contributed by atoms with Crippen molar-refractivity contribution in [2.75, 3.05) is 7.05 Å². The van der Waals surface area contributed by atoms with Gasteiger partial charge in [-0.25, -0.2) is 4.79 Å². The van der Waals surface area contributed by atoms with E-state index in [9.17, 15) is 4.79 Å². The molecule has 0 aromatic rings. The maximum Gasteiger partial charge on any atom is 0.410 e. The SMILES string of the molecule is CN(C(=O)OC(C)(C)C)[C@H]1C[C@@H](N)C1. The number of carbonyl (C=O) groups is 1. The van der Waals surface area contributed by atoms with Crippen molar-refractivity contribution in [3.8, 4) is 0 Å². The number of ether oxygens (including phenoxy) is 1. The second-order valence-corrected chi connectivity index (χ2v) is 4.98. The summed E-state index contributed by atoms with van der Waals surface area (Å²) in [7, 11) is 1.77. The van der Waals surface area contributed by atoms with Crippen molar-refractivity contribution >= 4 is 6.09 Å². The zero-order valence-electron chi connectivity index (χ0n) is 9.41. The van der Waals surface area contributed by atoms with Gasteiger partial charge in [-0.1, -0.05) is 0 Å². The van der Waals surface area contributed by atoms with Crippen molar-refractivity contribution < 1.29 is 9.53 Å². The van der Waals surface area contributed by atoms with Crippen LogP contribution >= 0.6 is 0 Å². The van der Waals surface area contributed by atoms with Gasteiger partial charge in [-0.05, 0) is 33.6 Å². The van der Waals surface area contributed by atoms with Gasteiger partial charge in [0, 0.05) is 19.1 Å². The number of carbonyl (C=O) groups excluding carboxylic acids is 1. The summed E-state index contributed by atoms with van der Waals surface area (Å²) in [4.78, 5) is 13.2. The first-order chi connectivity index (χ1) is 6.29. The molecule has 0 saturated heterocycles. The van der Waals surface area contributed by atoms with Gasteiger partial charge >= 0.3 is 6.09 Å². The quantitative estimate of drug-likeness (QED) is 0.695. The molecule has 0 radical (unpaired) electrons. The summed E-state index contributed by atoms with van der Waals surface area (Å²) in [5.74, 6) is 0. The fraction of sp³-hybridized carbons (Fsp3) is 0.900. The van der Waals surface area contributed by atoms with E-state index in [4.69, 9.17) is 10.5 Å². The fourth-order valence-corrected chi connectivity index (χ4v) is 1.43. The summed E-state index contributed by atoms with van der Waals surface area (Å²) in [5, 5.41) is 0. The Kier molecular flexibility index (Phi) is 3.04. The van der Waals surface area contributed by atoms with E-state index < -0.39 is 5.60 Å². The molecule has 0 bridgehead atoms. The normalized spacial score (nSPS) is 26.6. The molecule has 1 rings (SSSR count). The van der Waals surface area contributed by atoms with E-state index in [1.54, 1.807) is 11.9 Å². The van der Waals surface area contributed by atoms with Crippen LogP contribution in [-0.2, 0) is 4.74 Å². The molecular formula is C10H20N2O2. The number of amides is 1. The molecule has 4 heteroatoms. The predicted molar refractivity (Wildman–Crippen MR) is 55.0 cm³/mol. The maximum absolute atomic E-state index is 11.6. The molecule has 0 atom stereocenters. The average Bonchev–Trinajstić information content (AvgIpc) is 1.94. The second-order valence-electron chi connectivity index (χ2n) is 4.98. The summed E-state index contributed by atoms with van der Waals surface area (Å²) in [6, 6.07) is 0.518. The smallest absolute Gasteiger partial charge is 0.410 e. The van der Waals surface area contributed by atoms with E-state index in [-0.39, 0.29) is 18.2 Å². The van der Waals surface area contributed by atoms with E-state index in [1.807, 2.05) is 20.8 Å². The standard InChI is InChI=1S/C10H20N2O2/c1-10(2,3)14-9(13)12(4)8-5-7(11)6-8/h7-8H,5-6,11H2,1-4H3/t7-,8+. The third kappa shape index (κ3) is 2.87. The Morgan fingerprint density at radius 1 is 1.43 bits per heavy atom. The summed E-state index contributed by atoms with van der Waals surface area (Å²) in [6.45, 7) is 5.60. The zero-order valence-corrected chi connectivity index (χ0v) is 9.41. The van der Waals surface area contributed by atoms with Gasteiger partial charge in [0.2, 0.25) is 0 Å². The van der Waals surface area contributed by atoms with Gasteiger partial charge < -0.3 is 15.4 Å². The lowest BCUT2D eigenvalue weighted by Gasteiger charge is -2.39. The molecule has 82 valence electrons. The Balaban J connectivity index is 2.38. The first-order valence-electron chi connectivity index (χ1n) is 5.01. The van der Waals surface area contributed by atoms with E-state index in [0.717, 1.165) is 12.8 Å². The highest BCUT2D eigenvalue weighted by Crippen LogP contribution is 2.24. The van der Waals surface area contributed by atoms with Crippen LogP contribution in [0, 0.1) is 0 Å². The molecule has 14 heavy (non-hydrogen) atoms. The molecule has 0 aromatic carbocycles. The first kappa shape index (κ1) is 11.3. The molecule has 2 N–H and O–H groups in total. The third-order valence-corrected chi connectivity index (χ3v) is 2.38. The third-order valence-electron chi connectivity index (χ3n) is 2.38. The zero-order chi connectivity index (χ0) is 10.9. The van der Waals surface area contributed by atoms with Crippen LogP contribution in [0.5, 0.6) is 0 Å².